The van der Waals surface area contributed by atoms with Crippen LogP contribution in [0.4, 0.5) is 0 Å². The molecule has 26 heavy (non-hydrogen) atoms. The first-order chi connectivity index (χ1) is 12.6. The highest BCUT2D eigenvalue weighted by molar-refractivity contribution is 6.31. The molecule has 0 bridgehead atoms. The zero-order valence-corrected chi connectivity index (χ0v) is 15.5. The topological polar surface area (TPSA) is 71.2 Å². The normalized spacial score (nSPS) is 20.5. The van der Waals surface area contributed by atoms with E-state index < -0.39 is 0 Å². The summed E-state index contributed by atoms with van der Waals surface area (Å²) < 4.78 is 2.27. The molecule has 1 atom stereocenters. The Balaban J connectivity index is 1.56. The number of aromatic nitrogens is 3. The van der Waals surface area contributed by atoms with E-state index in [1.54, 1.807) is 11.0 Å². The number of phenols is 1. The average molecular weight is 375 g/mol. The van der Waals surface area contributed by atoms with Gasteiger partial charge < -0.3 is 14.6 Å². The lowest BCUT2D eigenvalue weighted by atomic mass is 9.96. The molecule has 2 aliphatic rings. The van der Waals surface area contributed by atoms with E-state index >= 15 is 0 Å². The van der Waals surface area contributed by atoms with Crippen LogP contribution in [0.2, 0.25) is 5.02 Å². The molecule has 6 nitrogen and oxygen atoms in total. The SMILES string of the molecule is O=C(c1cc(Cl)ccc1O)N1CCCC(c2nnc3n2CCCCC3)C1. The number of halogens is 1. The smallest absolute Gasteiger partial charge is 0.257 e. The number of carbonyl (C=O) groups is 1. The zero-order valence-electron chi connectivity index (χ0n) is 14.7. The summed E-state index contributed by atoms with van der Waals surface area (Å²) in [6, 6.07) is 4.58. The van der Waals surface area contributed by atoms with Crippen molar-refractivity contribution in [3.05, 3.63) is 40.4 Å². The molecule has 0 aliphatic carbocycles. The number of likely N-dealkylation sites (tertiary alicyclic amines) is 1. The fourth-order valence-electron chi connectivity index (χ4n) is 4.03. The molecule has 138 valence electrons. The van der Waals surface area contributed by atoms with Crippen molar-refractivity contribution < 1.29 is 9.90 Å². The summed E-state index contributed by atoms with van der Waals surface area (Å²) in [5.41, 5.74) is 0.262. The first-order valence-corrected chi connectivity index (χ1v) is 9.71. The lowest BCUT2D eigenvalue weighted by molar-refractivity contribution is 0.0700. The number of phenolic OH excluding ortho intramolecular Hbond substituents is 1. The molecule has 0 radical (unpaired) electrons. The van der Waals surface area contributed by atoms with E-state index in [0.29, 0.717) is 18.1 Å². The number of rotatable bonds is 2. The number of carbonyl (C=O) groups excluding carboxylic acids is 1. The second kappa shape index (κ2) is 7.27. The summed E-state index contributed by atoms with van der Waals surface area (Å²) in [7, 11) is 0. The van der Waals surface area contributed by atoms with Gasteiger partial charge >= 0.3 is 0 Å². The van der Waals surface area contributed by atoms with Crippen molar-refractivity contribution in [1.82, 2.24) is 19.7 Å². The van der Waals surface area contributed by atoms with Crippen molar-refractivity contribution in [3.63, 3.8) is 0 Å². The third-order valence-electron chi connectivity index (χ3n) is 5.40. The van der Waals surface area contributed by atoms with Crippen molar-refractivity contribution in [3.8, 4) is 5.75 Å². The van der Waals surface area contributed by atoms with Gasteiger partial charge in [-0.05, 0) is 43.9 Å². The van der Waals surface area contributed by atoms with E-state index in [0.717, 1.165) is 43.9 Å². The number of piperidine rings is 1. The maximum Gasteiger partial charge on any atom is 0.257 e. The van der Waals surface area contributed by atoms with Crippen molar-refractivity contribution >= 4 is 17.5 Å². The highest BCUT2D eigenvalue weighted by Gasteiger charge is 2.30. The maximum atomic E-state index is 12.9. The Hall–Kier alpha value is -2.08. The van der Waals surface area contributed by atoms with E-state index in [-0.39, 0.29) is 23.1 Å². The number of aromatic hydroxyl groups is 1. The van der Waals surface area contributed by atoms with Crippen molar-refractivity contribution in [2.75, 3.05) is 13.1 Å². The monoisotopic (exact) mass is 374 g/mol. The lowest BCUT2D eigenvalue weighted by Crippen LogP contribution is -2.39. The predicted octanol–water partition coefficient (Wildman–Crippen LogP) is 3.38. The molecule has 1 aromatic heterocycles. The Morgan fingerprint density at radius 1 is 1.15 bits per heavy atom. The van der Waals surface area contributed by atoms with Gasteiger partial charge in [0.2, 0.25) is 0 Å². The van der Waals surface area contributed by atoms with E-state index in [9.17, 15) is 9.90 Å². The van der Waals surface area contributed by atoms with Crippen LogP contribution >= 0.6 is 11.6 Å². The van der Waals surface area contributed by atoms with Gasteiger partial charge in [0.25, 0.3) is 5.91 Å². The molecule has 0 spiro atoms. The fourth-order valence-corrected chi connectivity index (χ4v) is 4.20. The molecule has 2 aromatic rings. The minimum atomic E-state index is -0.176. The van der Waals surface area contributed by atoms with E-state index in [2.05, 4.69) is 14.8 Å². The molecule has 3 heterocycles. The highest BCUT2D eigenvalue weighted by atomic mass is 35.5. The molecular weight excluding hydrogens is 352 g/mol. The minimum Gasteiger partial charge on any atom is -0.507 e. The quantitative estimate of drug-likeness (QED) is 0.874. The number of hydrogen-bond donors (Lipinski definition) is 1. The van der Waals surface area contributed by atoms with Crippen LogP contribution in [0.15, 0.2) is 18.2 Å². The summed E-state index contributed by atoms with van der Waals surface area (Å²) in [6.07, 6.45) is 6.46. The first kappa shape index (κ1) is 17.3. The summed E-state index contributed by atoms with van der Waals surface area (Å²) >= 11 is 6.00. The molecule has 1 unspecified atom stereocenters. The van der Waals surface area contributed by atoms with Crippen LogP contribution < -0.4 is 0 Å². The van der Waals surface area contributed by atoms with E-state index in [4.69, 9.17) is 11.6 Å². The maximum absolute atomic E-state index is 12.9. The van der Waals surface area contributed by atoms with Crippen LogP contribution in [0.25, 0.3) is 0 Å². The number of aryl methyl sites for hydroxylation is 1. The van der Waals surface area contributed by atoms with Crippen LogP contribution in [-0.4, -0.2) is 43.8 Å². The molecule has 1 aromatic carbocycles. The molecule has 2 aliphatic heterocycles. The lowest BCUT2D eigenvalue weighted by Gasteiger charge is -2.32. The van der Waals surface area contributed by atoms with Gasteiger partial charge in [-0.25, -0.2) is 0 Å². The Morgan fingerprint density at radius 3 is 2.92 bits per heavy atom. The van der Waals surface area contributed by atoms with Gasteiger partial charge in [-0.3, -0.25) is 4.79 Å². The number of fused-ring (bicyclic) bond motifs is 1. The van der Waals surface area contributed by atoms with Gasteiger partial charge in [-0.2, -0.15) is 0 Å². The van der Waals surface area contributed by atoms with E-state index in [1.165, 1.54) is 25.0 Å². The third-order valence-corrected chi connectivity index (χ3v) is 5.64. The van der Waals surface area contributed by atoms with Gasteiger partial charge in [0.05, 0.1) is 5.56 Å². The number of amides is 1. The molecule has 4 rings (SSSR count). The Morgan fingerprint density at radius 2 is 2.04 bits per heavy atom. The molecule has 1 amide bonds. The second-order valence-corrected chi connectivity index (χ2v) is 7.62. The first-order valence-electron chi connectivity index (χ1n) is 9.33. The largest absolute Gasteiger partial charge is 0.507 e. The summed E-state index contributed by atoms with van der Waals surface area (Å²) in [4.78, 5) is 14.7. The molecule has 1 N–H and O–H groups in total. The fraction of sp³-hybridized carbons (Fsp3) is 0.526. The molecular formula is C19H23ClN4O2. The van der Waals surface area contributed by atoms with Crippen molar-refractivity contribution in [2.24, 2.45) is 0 Å². The summed E-state index contributed by atoms with van der Waals surface area (Å²) in [5, 5.41) is 19.4. The van der Waals surface area contributed by atoms with Crippen molar-refractivity contribution in [1.29, 1.82) is 0 Å². The highest BCUT2D eigenvalue weighted by Crippen LogP contribution is 2.30. The molecule has 1 saturated heterocycles. The van der Waals surface area contributed by atoms with Gasteiger partial charge in [0.15, 0.2) is 0 Å². The standard InChI is InChI=1S/C19H23ClN4O2/c20-14-7-8-16(25)15(11-14)19(26)23-9-4-5-13(12-23)18-22-21-17-6-2-1-3-10-24(17)18/h7-8,11,13,25H,1-6,9-10,12H2. The Labute approximate surface area is 157 Å². The molecule has 7 heteroatoms. The molecule has 1 fully saturated rings. The second-order valence-electron chi connectivity index (χ2n) is 7.19. The zero-order chi connectivity index (χ0) is 18.1. The van der Waals surface area contributed by atoms with Gasteiger partial charge in [0.1, 0.15) is 17.4 Å². The summed E-state index contributed by atoms with van der Waals surface area (Å²) in [6.45, 7) is 2.25. The predicted molar refractivity (Wildman–Crippen MR) is 98.6 cm³/mol. The van der Waals surface area contributed by atoms with E-state index in [1.807, 2.05) is 0 Å². The van der Waals surface area contributed by atoms with Crippen LogP contribution in [0, 0.1) is 0 Å². The average Bonchev–Trinajstić information content (AvgIpc) is 2.91. The Bertz CT molecular complexity index is 820. The van der Waals surface area contributed by atoms with Gasteiger partial charge in [-0.15, -0.1) is 10.2 Å². The Kier molecular flexibility index (Phi) is 4.85. The number of hydrogen-bond acceptors (Lipinski definition) is 4. The van der Waals surface area contributed by atoms with Crippen LogP contribution in [0.5, 0.6) is 5.75 Å². The third kappa shape index (κ3) is 3.30. The van der Waals surface area contributed by atoms with Crippen molar-refractivity contribution in [2.45, 2.75) is 51.0 Å². The van der Waals surface area contributed by atoms with Crippen LogP contribution in [0.3, 0.4) is 0 Å². The number of nitrogens with zero attached hydrogens (tertiary/aromatic N) is 4. The minimum absolute atomic E-state index is 0.0298. The molecule has 0 saturated carbocycles. The van der Waals surface area contributed by atoms with Gasteiger partial charge in [-0.1, -0.05) is 18.0 Å². The number of benzene rings is 1. The van der Waals surface area contributed by atoms with Crippen LogP contribution in [-0.2, 0) is 13.0 Å². The van der Waals surface area contributed by atoms with Crippen LogP contribution in [0.1, 0.15) is 60.0 Å². The summed E-state index contributed by atoms with van der Waals surface area (Å²) in [5.74, 6) is 2.07. The van der Waals surface area contributed by atoms with Gasteiger partial charge in [0, 0.05) is 37.0 Å².